The lowest BCUT2D eigenvalue weighted by atomic mass is 9.94. The topological polar surface area (TPSA) is 49.4 Å². The second-order valence-electron chi connectivity index (χ2n) is 6.33. The van der Waals surface area contributed by atoms with Crippen LogP contribution >= 0.6 is 0 Å². The van der Waals surface area contributed by atoms with E-state index in [4.69, 9.17) is 0 Å². The third-order valence-electron chi connectivity index (χ3n) is 4.54. The highest BCUT2D eigenvalue weighted by Gasteiger charge is 2.23. The maximum Gasteiger partial charge on any atom is 0.251 e. The molecule has 2 aromatic rings. The molecule has 2 amide bonds. The van der Waals surface area contributed by atoms with Crippen molar-refractivity contribution in [1.29, 1.82) is 0 Å². The average Bonchev–Trinajstić information content (AvgIpc) is 2.64. The first-order valence-electron chi connectivity index (χ1n) is 8.44. The molecule has 4 heteroatoms. The second-order valence-corrected chi connectivity index (χ2v) is 6.33. The molecule has 1 aliphatic heterocycles. The number of nitrogens with zero attached hydrogens (tertiary/aromatic N) is 1. The van der Waals surface area contributed by atoms with Crippen molar-refractivity contribution in [2.24, 2.45) is 0 Å². The van der Waals surface area contributed by atoms with E-state index in [-0.39, 0.29) is 11.8 Å². The first-order valence-corrected chi connectivity index (χ1v) is 8.44. The summed E-state index contributed by atoms with van der Waals surface area (Å²) in [6.07, 6.45) is 2.08. The maximum absolute atomic E-state index is 12.7. The van der Waals surface area contributed by atoms with Gasteiger partial charge in [0.05, 0.1) is 0 Å². The minimum atomic E-state index is -0.105. The quantitative estimate of drug-likeness (QED) is 0.874. The fraction of sp³-hybridized carbons (Fsp3) is 0.238. The SMILES string of the molecule is C=CC(=O)N1CCc2cccc(C(=O)NCc3cccc(C)c3)c2C1. The Bertz CT molecular complexity index is 826. The molecule has 1 N–H and O–H groups in total. The summed E-state index contributed by atoms with van der Waals surface area (Å²) < 4.78 is 0. The largest absolute Gasteiger partial charge is 0.348 e. The molecule has 2 aromatic carbocycles. The second kappa shape index (κ2) is 7.34. The number of amides is 2. The van der Waals surface area contributed by atoms with E-state index >= 15 is 0 Å². The van der Waals surface area contributed by atoms with Crippen LogP contribution in [-0.2, 0) is 24.3 Å². The van der Waals surface area contributed by atoms with Gasteiger partial charge in [-0.1, -0.05) is 48.5 Å². The summed E-state index contributed by atoms with van der Waals surface area (Å²) in [6.45, 7) is 7.18. The molecule has 0 saturated heterocycles. The first kappa shape index (κ1) is 17.0. The molecule has 0 spiro atoms. The van der Waals surface area contributed by atoms with Gasteiger partial charge >= 0.3 is 0 Å². The summed E-state index contributed by atoms with van der Waals surface area (Å²) >= 11 is 0. The van der Waals surface area contributed by atoms with Gasteiger partial charge in [-0.3, -0.25) is 9.59 Å². The van der Waals surface area contributed by atoms with Gasteiger partial charge in [-0.05, 0) is 42.2 Å². The van der Waals surface area contributed by atoms with Gasteiger partial charge in [0.25, 0.3) is 5.91 Å². The predicted octanol–water partition coefficient (Wildman–Crippen LogP) is 3.00. The van der Waals surface area contributed by atoms with Crippen molar-refractivity contribution in [2.45, 2.75) is 26.4 Å². The summed E-state index contributed by atoms with van der Waals surface area (Å²) in [5.74, 6) is -0.202. The van der Waals surface area contributed by atoms with Crippen LogP contribution in [0.5, 0.6) is 0 Å². The van der Waals surface area contributed by atoms with Crippen molar-refractivity contribution < 1.29 is 9.59 Å². The molecule has 0 aliphatic carbocycles. The number of benzene rings is 2. The van der Waals surface area contributed by atoms with Crippen LogP contribution in [0.3, 0.4) is 0 Å². The van der Waals surface area contributed by atoms with E-state index in [0.29, 0.717) is 25.2 Å². The zero-order valence-corrected chi connectivity index (χ0v) is 14.4. The van der Waals surface area contributed by atoms with E-state index in [0.717, 1.165) is 23.1 Å². The van der Waals surface area contributed by atoms with Crippen molar-refractivity contribution >= 4 is 11.8 Å². The molecule has 25 heavy (non-hydrogen) atoms. The smallest absolute Gasteiger partial charge is 0.251 e. The Kier molecular flexibility index (Phi) is 4.98. The third-order valence-corrected chi connectivity index (χ3v) is 4.54. The zero-order valence-electron chi connectivity index (χ0n) is 14.4. The number of nitrogens with one attached hydrogen (secondary N) is 1. The number of hydrogen-bond donors (Lipinski definition) is 1. The molecule has 0 radical (unpaired) electrons. The molecule has 0 saturated carbocycles. The summed E-state index contributed by atoms with van der Waals surface area (Å²) in [5.41, 5.74) is 4.96. The van der Waals surface area contributed by atoms with Crippen LogP contribution in [0.15, 0.2) is 55.1 Å². The van der Waals surface area contributed by atoms with E-state index in [1.807, 2.05) is 43.3 Å². The Balaban J connectivity index is 1.77. The standard InChI is InChI=1S/C21H22N2O2/c1-3-20(24)23-11-10-17-8-5-9-18(19(17)14-23)21(25)22-13-16-7-4-6-15(2)12-16/h3-9,12H,1,10-11,13-14H2,2H3,(H,22,25). The minimum absolute atomic E-state index is 0.0966. The number of aryl methyl sites for hydroxylation is 1. The molecule has 4 nitrogen and oxygen atoms in total. The Morgan fingerprint density at radius 3 is 2.80 bits per heavy atom. The molecule has 0 unspecified atom stereocenters. The van der Waals surface area contributed by atoms with E-state index in [2.05, 4.69) is 18.0 Å². The predicted molar refractivity (Wildman–Crippen MR) is 98.1 cm³/mol. The summed E-state index contributed by atoms with van der Waals surface area (Å²) in [7, 11) is 0. The van der Waals surface area contributed by atoms with Crippen molar-refractivity contribution in [3.63, 3.8) is 0 Å². The van der Waals surface area contributed by atoms with Crippen LogP contribution < -0.4 is 5.32 Å². The van der Waals surface area contributed by atoms with E-state index in [9.17, 15) is 9.59 Å². The van der Waals surface area contributed by atoms with Crippen molar-refractivity contribution in [3.8, 4) is 0 Å². The van der Waals surface area contributed by atoms with Gasteiger partial charge in [0.2, 0.25) is 5.91 Å². The van der Waals surface area contributed by atoms with Gasteiger partial charge in [0.1, 0.15) is 0 Å². The van der Waals surface area contributed by atoms with Crippen LogP contribution in [-0.4, -0.2) is 23.3 Å². The molecular formula is C21H22N2O2. The molecule has 0 bridgehead atoms. The van der Waals surface area contributed by atoms with Gasteiger partial charge in [-0.2, -0.15) is 0 Å². The Morgan fingerprint density at radius 1 is 1.24 bits per heavy atom. The summed E-state index contributed by atoms with van der Waals surface area (Å²) in [6, 6.07) is 13.8. The lowest BCUT2D eigenvalue weighted by Gasteiger charge is -2.29. The highest BCUT2D eigenvalue weighted by molar-refractivity contribution is 5.96. The van der Waals surface area contributed by atoms with Gasteiger partial charge in [-0.25, -0.2) is 0 Å². The van der Waals surface area contributed by atoms with Gasteiger partial charge < -0.3 is 10.2 Å². The zero-order chi connectivity index (χ0) is 17.8. The van der Waals surface area contributed by atoms with Crippen molar-refractivity contribution in [2.75, 3.05) is 6.54 Å². The van der Waals surface area contributed by atoms with Crippen molar-refractivity contribution in [1.82, 2.24) is 10.2 Å². The maximum atomic E-state index is 12.7. The van der Waals surface area contributed by atoms with Crippen LogP contribution in [0.1, 0.15) is 32.6 Å². The lowest BCUT2D eigenvalue weighted by Crippen LogP contribution is -2.36. The monoisotopic (exact) mass is 334 g/mol. The molecule has 3 rings (SSSR count). The van der Waals surface area contributed by atoms with E-state index in [1.165, 1.54) is 11.6 Å². The summed E-state index contributed by atoms with van der Waals surface area (Å²) in [4.78, 5) is 26.3. The minimum Gasteiger partial charge on any atom is -0.348 e. The number of carbonyl (C=O) groups excluding carboxylic acids is 2. The number of rotatable bonds is 4. The molecule has 1 heterocycles. The molecule has 128 valence electrons. The van der Waals surface area contributed by atoms with Crippen LogP contribution in [0.25, 0.3) is 0 Å². The Morgan fingerprint density at radius 2 is 2.04 bits per heavy atom. The molecule has 1 aliphatic rings. The van der Waals surface area contributed by atoms with Gasteiger partial charge in [0.15, 0.2) is 0 Å². The van der Waals surface area contributed by atoms with Gasteiger partial charge in [0, 0.05) is 25.2 Å². The van der Waals surface area contributed by atoms with E-state index in [1.54, 1.807) is 4.90 Å². The van der Waals surface area contributed by atoms with Gasteiger partial charge in [-0.15, -0.1) is 0 Å². The fourth-order valence-electron chi connectivity index (χ4n) is 3.21. The average molecular weight is 334 g/mol. The van der Waals surface area contributed by atoms with Crippen LogP contribution in [0, 0.1) is 6.92 Å². The molecular weight excluding hydrogens is 312 g/mol. The Hall–Kier alpha value is -2.88. The first-order chi connectivity index (χ1) is 12.1. The molecule has 0 aromatic heterocycles. The number of carbonyl (C=O) groups is 2. The van der Waals surface area contributed by atoms with Crippen molar-refractivity contribution in [3.05, 3.63) is 82.9 Å². The molecule has 0 atom stereocenters. The number of hydrogen-bond acceptors (Lipinski definition) is 2. The Labute approximate surface area is 148 Å². The molecule has 0 fully saturated rings. The lowest BCUT2D eigenvalue weighted by molar-refractivity contribution is -0.126. The highest BCUT2D eigenvalue weighted by atomic mass is 16.2. The fourth-order valence-corrected chi connectivity index (χ4v) is 3.21. The number of fused-ring (bicyclic) bond motifs is 1. The van der Waals surface area contributed by atoms with E-state index < -0.39 is 0 Å². The highest BCUT2D eigenvalue weighted by Crippen LogP contribution is 2.23. The summed E-state index contributed by atoms with van der Waals surface area (Å²) in [5, 5.41) is 2.99. The van der Waals surface area contributed by atoms with Crippen LogP contribution in [0.4, 0.5) is 0 Å². The third kappa shape index (κ3) is 3.79. The normalized spacial score (nSPS) is 13.1. The van der Waals surface area contributed by atoms with Crippen LogP contribution in [0.2, 0.25) is 0 Å².